The van der Waals surface area contributed by atoms with Crippen LogP contribution in [0.1, 0.15) is 26.3 Å². The van der Waals surface area contributed by atoms with Gasteiger partial charge in [0.1, 0.15) is 22.1 Å². The van der Waals surface area contributed by atoms with Gasteiger partial charge in [0.2, 0.25) is 0 Å². The zero-order chi connectivity index (χ0) is 16.4. The van der Waals surface area contributed by atoms with E-state index in [0.717, 1.165) is 12.3 Å². The summed E-state index contributed by atoms with van der Waals surface area (Å²) in [4.78, 5) is 10.7. The Bertz CT molecular complexity index is 651. The number of rotatable bonds is 3. The number of halogens is 2. The number of hydrogen-bond donors (Lipinski definition) is 1. The molecule has 1 rings (SSSR count). The fourth-order valence-corrected chi connectivity index (χ4v) is 2.20. The number of carbonyl (C=O) groups is 1. The van der Waals surface area contributed by atoms with E-state index in [1.54, 1.807) is 20.8 Å². The lowest BCUT2D eigenvalue weighted by molar-refractivity contribution is 0.0523. The molecule has 0 aliphatic rings. The summed E-state index contributed by atoms with van der Waals surface area (Å²) in [6, 6.07) is 1.33. The molecule has 0 unspecified atom stereocenters. The Labute approximate surface area is 122 Å². The topological polar surface area (TPSA) is 72.5 Å². The second-order valence-corrected chi connectivity index (χ2v) is 7.49. The monoisotopic (exact) mass is 321 g/mol. The molecule has 0 saturated carbocycles. The second kappa shape index (κ2) is 5.97. The third kappa shape index (κ3) is 5.30. The Hall–Kier alpha value is -1.70. The van der Waals surface area contributed by atoms with Crippen molar-refractivity contribution >= 4 is 15.9 Å². The average Bonchev–Trinajstić information content (AvgIpc) is 2.26. The van der Waals surface area contributed by atoms with Crippen LogP contribution >= 0.6 is 0 Å². The molecule has 0 aromatic heterocycles. The standard InChI is InChI=1S/C13H17F2NO4S/c1-13(2,3)20-12(17)16-7-8-5-10(15)11(6-9(8)14)21(4,18)19/h5-6H,7H2,1-4H3,(H,16,17). The van der Waals surface area contributed by atoms with E-state index >= 15 is 0 Å². The first-order valence-electron chi connectivity index (χ1n) is 6.05. The molecule has 21 heavy (non-hydrogen) atoms. The van der Waals surface area contributed by atoms with Crippen molar-refractivity contribution in [2.45, 2.75) is 37.8 Å². The Morgan fingerprint density at radius 2 is 1.81 bits per heavy atom. The summed E-state index contributed by atoms with van der Waals surface area (Å²) in [6.45, 7) is 4.66. The summed E-state index contributed by atoms with van der Waals surface area (Å²) < 4.78 is 54.8. The summed E-state index contributed by atoms with van der Waals surface area (Å²) in [5.74, 6) is -1.99. The molecule has 8 heteroatoms. The molecule has 0 aliphatic carbocycles. The van der Waals surface area contributed by atoms with E-state index in [0.29, 0.717) is 6.07 Å². The van der Waals surface area contributed by atoms with Crippen LogP contribution in [-0.2, 0) is 21.1 Å². The predicted octanol–water partition coefficient (Wildman–Crippen LogP) is 2.39. The van der Waals surface area contributed by atoms with E-state index in [-0.39, 0.29) is 12.1 Å². The number of hydrogen-bond acceptors (Lipinski definition) is 4. The minimum Gasteiger partial charge on any atom is -0.444 e. The van der Waals surface area contributed by atoms with Gasteiger partial charge in [-0.05, 0) is 32.9 Å². The number of alkyl carbamates (subject to hydrolysis) is 1. The second-order valence-electron chi connectivity index (χ2n) is 5.50. The van der Waals surface area contributed by atoms with Gasteiger partial charge in [0.25, 0.3) is 0 Å². The number of ether oxygens (including phenoxy) is 1. The van der Waals surface area contributed by atoms with Crippen LogP contribution < -0.4 is 5.32 Å². The maximum Gasteiger partial charge on any atom is 0.407 e. The molecule has 1 N–H and O–H groups in total. The molecule has 0 fully saturated rings. The molecule has 0 atom stereocenters. The molecular formula is C13H17F2NO4S. The lowest BCUT2D eigenvalue weighted by atomic mass is 10.2. The molecule has 0 radical (unpaired) electrons. The molecule has 0 heterocycles. The van der Waals surface area contributed by atoms with Crippen molar-refractivity contribution in [3.05, 3.63) is 29.3 Å². The molecule has 118 valence electrons. The zero-order valence-corrected chi connectivity index (χ0v) is 13.0. The Morgan fingerprint density at radius 3 is 2.29 bits per heavy atom. The van der Waals surface area contributed by atoms with Crippen LogP contribution in [0.4, 0.5) is 13.6 Å². The molecular weight excluding hydrogens is 304 g/mol. The fraction of sp³-hybridized carbons (Fsp3) is 0.462. The fourth-order valence-electron chi connectivity index (χ4n) is 1.47. The highest BCUT2D eigenvalue weighted by atomic mass is 32.2. The summed E-state index contributed by atoms with van der Waals surface area (Å²) in [5.41, 5.74) is -0.889. The van der Waals surface area contributed by atoms with Gasteiger partial charge in [0.15, 0.2) is 9.84 Å². The zero-order valence-electron chi connectivity index (χ0n) is 12.2. The average molecular weight is 321 g/mol. The van der Waals surface area contributed by atoms with Crippen molar-refractivity contribution in [1.82, 2.24) is 5.32 Å². The number of nitrogens with one attached hydrogen (secondary N) is 1. The Morgan fingerprint density at radius 1 is 1.24 bits per heavy atom. The van der Waals surface area contributed by atoms with Gasteiger partial charge in [-0.2, -0.15) is 0 Å². The van der Waals surface area contributed by atoms with Crippen LogP contribution in [0.5, 0.6) is 0 Å². The van der Waals surface area contributed by atoms with Crippen molar-refractivity contribution < 1.29 is 26.7 Å². The van der Waals surface area contributed by atoms with Gasteiger partial charge in [0, 0.05) is 18.4 Å². The largest absolute Gasteiger partial charge is 0.444 e. The number of sulfone groups is 1. The highest BCUT2D eigenvalue weighted by Crippen LogP contribution is 2.19. The van der Waals surface area contributed by atoms with E-state index < -0.39 is 38.1 Å². The maximum absolute atomic E-state index is 13.7. The third-order valence-electron chi connectivity index (χ3n) is 2.32. The first kappa shape index (κ1) is 17.4. The minimum absolute atomic E-state index is 0.175. The number of carbonyl (C=O) groups excluding carboxylic acids is 1. The van der Waals surface area contributed by atoms with Crippen molar-refractivity contribution in [1.29, 1.82) is 0 Å². The molecule has 0 aliphatic heterocycles. The van der Waals surface area contributed by atoms with E-state index in [1.165, 1.54) is 0 Å². The molecule has 1 amide bonds. The first-order chi connectivity index (χ1) is 9.40. The third-order valence-corrected chi connectivity index (χ3v) is 3.43. The van der Waals surface area contributed by atoms with Crippen LogP contribution in [0.2, 0.25) is 0 Å². The van der Waals surface area contributed by atoms with E-state index in [4.69, 9.17) is 4.74 Å². The minimum atomic E-state index is -3.86. The summed E-state index contributed by atoms with van der Waals surface area (Å²) >= 11 is 0. The maximum atomic E-state index is 13.7. The normalized spacial score (nSPS) is 12.1. The van der Waals surface area contributed by atoms with Gasteiger partial charge in [-0.1, -0.05) is 0 Å². The lowest BCUT2D eigenvalue weighted by Crippen LogP contribution is -2.32. The Balaban J connectivity index is 2.87. The smallest absolute Gasteiger partial charge is 0.407 e. The van der Waals surface area contributed by atoms with Crippen molar-refractivity contribution in [3.63, 3.8) is 0 Å². The summed E-state index contributed by atoms with van der Waals surface area (Å²) in [6.07, 6.45) is -0.00165. The number of amides is 1. The van der Waals surface area contributed by atoms with Crippen molar-refractivity contribution in [2.24, 2.45) is 0 Å². The van der Waals surface area contributed by atoms with Gasteiger partial charge in [0.05, 0.1) is 0 Å². The van der Waals surface area contributed by atoms with Crippen LogP contribution in [0.3, 0.4) is 0 Å². The molecule has 1 aromatic rings. The Kier molecular flexibility index (Phi) is 4.93. The quantitative estimate of drug-likeness (QED) is 0.928. The van der Waals surface area contributed by atoms with Crippen LogP contribution in [0, 0.1) is 11.6 Å². The molecule has 0 bridgehead atoms. The molecule has 0 spiro atoms. The molecule has 5 nitrogen and oxygen atoms in total. The lowest BCUT2D eigenvalue weighted by Gasteiger charge is -2.19. The molecule has 0 saturated heterocycles. The first-order valence-corrected chi connectivity index (χ1v) is 7.94. The van der Waals surface area contributed by atoms with Gasteiger partial charge in [-0.15, -0.1) is 0 Å². The van der Waals surface area contributed by atoms with Crippen molar-refractivity contribution in [2.75, 3.05) is 6.26 Å². The predicted molar refractivity (Wildman–Crippen MR) is 72.5 cm³/mol. The SMILES string of the molecule is CC(C)(C)OC(=O)NCc1cc(F)c(S(C)(=O)=O)cc1F. The van der Waals surface area contributed by atoms with E-state index in [9.17, 15) is 22.0 Å². The summed E-state index contributed by atoms with van der Waals surface area (Å²) in [7, 11) is -3.86. The van der Waals surface area contributed by atoms with Crippen LogP contribution in [0.15, 0.2) is 17.0 Å². The van der Waals surface area contributed by atoms with E-state index in [1.807, 2.05) is 0 Å². The van der Waals surface area contributed by atoms with Gasteiger partial charge in [-0.25, -0.2) is 22.0 Å². The highest BCUT2D eigenvalue weighted by Gasteiger charge is 2.19. The van der Waals surface area contributed by atoms with Crippen LogP contribution in [-0.4, -0.2) is 26.4 Å². The summed E-state index contributed by atoms with van der Waals surface area (Å²) in [5, 5.41) is 2.26. The highest BCUT2D eigenvalue weighted by molar-refractivity contribution is 7.90. The van der Waals surface area contributed by atoms with Gasteiger partial charge < -0.3 is 10.1 Å². The molecule has 1 aromatic carbocycles. The van der Waals surface area contributed by atoms with Gasteiger partial charge >= 0.3 is 6.09 Å². The number of benzene rings is 1. The van der Waals surface area contributed by atoms with E-state index in [2.05, 4.69) is 5.32 Å². The van der Waals surface area contributed by atoms with Crippen molar-refractivity contribution in [3.8, 4) is 0 Å². The van der Waals surface area contributed by atoms with Crippen LogP contribution in [0.25, 0.3) is 0 Å². The van der Waals surface area contributed by atoms with Gasteiger partial charge in [-0.3, -0.25) is 0 Å².